The van der Waals surface area contributed by atoms with Crippen LogP contribution in [0, 0.1) is 0 Å². The Morgan fingerprint density at radius 2 is 1.45 bits per heavy atom. The molecule has 0 saturated carbocycles. The Bertz CT molecular complexity index is 466. The number of carbonyl (C=O) groups is 3. The van der Waals surface area contributed by atoms with Crippen LogP contribution in [0.5, 0.6) is 0 Å². The molecule has 2 aliphatic rings. The Hall–Kier alpha value is -1.19. The molecule has 2 rings (SSSR count). The highest BCUT2D eigenvalue weighted by atomic mass is 16.7. The topological polar surface area (TPSA) is 130 Å². The number of fused-ring (bicyclic) bond motifs is 2. The van der Waals surface area contributed by atoms with E-state index in [9.17, 15) is 29.7 Å². The van der Waals surface area contributed by atoms with Gasteiger partial charge in [-0.2, -0.15) is 0 Å². The molecule has 2 fully saturated rings. The predicted octanol–water partition coefficient (Wildman–Crippen LogP) is -2.30. The molecule has 2 aliphatic heterocycles. The molecule has 8 nitrogen and oxygen atoms in total. The maximum Gasteiger partial charge on any atom is 0.213 e. The molecule has 0 spiro atoms. The highest BCUT2D eigenvalue weighted by molar-refractivity contribution is 6.05. The monoisotopic (exact) mass is 288 g/mol. The van der Waals surface area contributed by atoms with Crippen molar-refractivity contribution in [1.82, 2.24) is 0 Å². The van der Waals surface area contributed by atoms with Crippen molar-refractivity contribution >= 4 is 17.3 Å². The van der Waals surface area contributed by atoms with E-state index in [0.717, 1.165) is 20.8 Å². The molecule has 0 aromatic heterocycles. The SMILES string of the molecule is CC(=O)[C@@]1(O)[C@](O)(C(C)=O)[C@@H]2OC[C@@H](O2)[C@@]1(O)C(C)=O. The summed E-state index contributed by atoms with van der Waals surface area (Å²) in [5, 5.41) is 31.8. The van der Waals surface area contributed by atoms with Gasteiger partial charge in [-0.15, -0.1) is 0 Å². The first-order chi connectivity index (χ1) is 9.04. The Morgan fingerprint density at radius 1 is 0.950 bits per heavy atom. The van der Waals surface area contributed by atoms with Crippen LogP contribution in [-0.2, 0) is 23.9 Å². The quantitative estimate of drug-likeness (QED) is 0.528. The van der Waals surface area contributed by atoms with Gasteiger partial charge in [0.05, 0.1) is 6.61 Å². The summed E-state index contributed by atoms with van der Waals surface area (Å²) in [5.41, 5.74) is -8.68. The first-order valence-corrected chi connectivity index (χ1v) is 6.01. The van der Waals surface area contributed by atoms with Gasteiger partial charge < -0.3 is 24.8 Å². The highest BCUT2D eigenvalue weighted by Crippen LogP contribution is 2.49. The lowest BCUT2D eigenvalue weighted by Gasteiger charge is -2.53. The molecule has 20 heavy (non-hydrogen) atoms. The second kappa shape index (κ2) is 4.15. The van der Waals surface area contributed by atoms with Crippen molar-refractivity contribution in [3.63, 3.8) is 0 Å². The molecule has 0 aromatic rings. The van der Waals surface area contributed by atoms with Gasteiger partial charge in [0.1, 0.15) is 6.10 Å². The fraction of sp³-hybridized carbons (Fsp3) is 0.750. The van der Waals surface area contributed by atoms with Crippen LogP contribution in [0.4, 0.5) is 0 Å². The van der Waals surface area contributed by atoms with Crippen LogP contribution in [0.25, 0.3) is 0 Å². The Morgan fingerprint density at radius 3 is 1.85 bits per heavy atom. The predicted molar refractivity (Wildman–Crippen MR) is 61.5 cm³/mol. The number of carbonyl (C=O) groups excluding carboxylic acids is 3. The molecule has 2 heterocycles. The van der Waals surface area contributed by atoms with Crippen LogP contribution in [0.3, 0.4) is 0 Å². The summed E-state index contributed by atoms with van der Waals surface area (Å²) in [6.07, 6.45) is -2.97. The number of hydrogen-bond donors (Lipinski definition) is 3. The van der Waals surface area contributed by atoms with Crippen molar-refractivity contribution < 1.29 is 39.2 Å². The summed E-state index contributed by atoms with van der Waals surface area (Å²) in [6, 6.07) is 0. The van der Waals surface area contributed by atoms with E-state index in [0.29, 0.717) is 0 Å². The van der Waals surface area contributed by atoms with Crippen LogP contribution < -0.4 is 0 Å². The smallest absolute Gasteiger partial charge is 0.213 e. The number of rotatable bonds is 3. The van der Waals surface area contributed by atoms with E-state index in [1.165, 1.54) is 0 Å². The third kappa shape index (κ3) is 1.35. The van der Waals surface area contributed by atoms with Gasteiger partial charge in [-0.25, -0.2) is 0 Å². The number of ketones is 3. The number of aliphatic hydroxyl groups is 3. The lowest BCUT2D eigenvalue weighted by molar-refractivity contribution is -0.319. The second-order valence-electron chi connectivity index (χ2n) is 5.20. The molecular formula is C12H16O8. The van der Waals surface area contributed by atoms with Gasteiger partial charge in [0.2, 0.25) is 11.2 Å². The number of hydrogen-bond acceptors (Lipinski definition) is 8. The normalized spacial score (nSPS) is 47.1. The molecule has 0 radical (unpaired) electrons. The van der Waals surface area contributed by atoms with Crippen LogP contribution in [0.1, 0.15) is 20.8 Å². The van der Waals surface area contributed by atoms with E-state index in [-0.39, 0.29) is 6.61 Å². The van der Waals surface area contributed by atoms with Gasteiger partial charge in [0, 0.05) is 0 Å². The van der Waals surface area contributed by atoms with Crippen molar-refractivity contribution in [3.05, 3.63) is 0 Å². The molecule has 0 aliphatic carbocycles. The van der Waals surface area contributed by atoms with Crippen molar-refractivity contribution in [2.75, 3.05) is 6.61 Å². The molecule has 0 unspecified atom stereocenters. The third-order valence-corrected chi connectivity index (χ3v) is 4.18. The Labute approximate surface area is 114 Å². The summed E-state index contributed by atoms with van der Waals surface area (Å²) in [5.74, 6) is -3.19. The average molecular weight is 288 g/mol. The fourth-order valence-electron chi connectivity index (χ4n) is 2.97. The van der Waals surface area contributed by atoms with E-state index in [4.69, 9.17) is 9.47 Å². The van der Waals surface area contributed by atoms with Gasteiger partial charge in [-0.05, 0) is 20.8 Å². The van der Waals surface area contributed by atoms with Gasteiger partial charge in [0.15, 0.2) is 29.2 Å². The third-order valence-electron chi connectivity index (χ3n) is 4.18. The first kappa shape index (κ1) is 15.2. The molecule has 112 valence electrons. The summed E-state index contributed by atoms with van der Waals surface area (Å²) in [6.45, 7) is 2.36. The van der Waals surface area contributed by atoms with Gasteiger partial charge in [-0.3, -0.25) is 14.4 Å². The summed E-state index contributed by atoms with van der Waals surface area (Å²) in [4.78, 5) is 35.5. The van der Waals surface area contributed by atoms with Crippen molar-refractivity contribution in [2.45, 2.75) is 50.0 Å². The summed E-state index contributed by atoms with van der Waals surface area (Å²) in [7, 11) is 0. The lowest BCUT2D eigenvalue weighted by atomic mass is 9.62. The molecule has 0 aromatic carbocycles. The van der Waals surface area contributed by atoms with E-state index < -0.39 is 46.5 Å². The number of ether oxygens (including phenoxy) is 2. The van der Waals surface area contributed by atoms with Crippen molar-refractivity contribution in [1.29, 1.82) is 0 Å². The Kier molecular flexibility index (Phi) is 3.16. The zero-order valence-electron chi connectivity index (χ0n) is 11.2. The molecule has 0 amide bonds. The summed E-state index contributed by atoms with van der Waals surface area (Å²) < 4.78 is 10.1. The maximum atomic E-state index is 11.9. The lowest BCUT2D eigenvalue weighted by Crippen LogP contribution is -2.84. The van der Waals surface area contributed by atoms with Crippen LogP contribution in [0.15, 0.2) is 0 Å². The minimum atomic E-state index is -3.04. The molecule has 3 N–H and O–H groups in total. The van der Waals surface area contributed by atoms with Crippen LogP contribution in [-0.4, -0.2) is 68.5 Å². The van der Waals surface area contributed by atoms with Gasteiger partial charge >= 0.3 is 0 Å². The zero-order chi connectivity index (χ0) is 15.5. The van der Waals surface area contributed by atoms with Gasteiger partial charge in [-0.1, -0.05) is 0 Å². The van der Waals surface area contributed by atoms with E-state index in [1.54, 1.807) is 0 Å². The fourth-order valence-corrected chi connectivity index (χ4v) is 2.97. The largest absolute Gasteiger partial charge is 0.376 e. The van der Waals surface area contributed by atoms with E-state index in [1.807, 2.05) is 0 Å². The second-order valence-corrected chi connectivity index (χ2v) is 5.20. The molecule has 8 heteroatoms. The first-order valence-electron chi connectivity index (χ1n) is 6.01. The van der Waals surface area contributed by atoms with E-state index >= 15 is 0 Å². The minimum Gasteiger partial charge on any atom is -0.376 e. The molecule has 2 saturated heterocycles. The molecular weight excluding hydrogens is 272 g/mol. The zero-order valence-corrected chi connectivity index (χ0v) is 11.2. The average Bonchev–Trinajstić information content (AvgIpc) is 2.81. The number of Topliss-reactive ketones (excluding diaryl/α,β-unsaturated/α-hetero) is 3. The van der Waals surface area contributed by atoms with Gasteiger partial charge in [0.25, 0.3) is 0 Å². The van der Waals surface area contributed by atoms with Crippen LogP contribution >= 0.6 is 0 Å². The van der Waals surface area contributed by atoms with Crippen molar-refractivity contribution in [2.24, 2.45) is 0 Å². The van der Waals surface area contributed by atoms with E-state index in [2.05, 4.69) is 0 Å². The highest BCUT2D eigenvalue weighted by Gasteiger charge is 2.80. The van der Waals surface area contributed by atoms with Crippen LogP contribution in [0.2, 0.25) is 0 Å². The summed E-state index contributed by atoms with van der Waals surface area (Å²) >= 11 is 0. The standard InChI is InChI=1S/C12H16O8/c1-5(13)10(16)8-4-19-9(20-8)11(17,6(2)14)12(10,18)7(3)15/h8-9,16-18H,4H2,1-3H3/t8-,9-,10+,11+,12+/m1/s1. The van der Waals surface area contributed by atoms with Crippen molar-refractivity contribution in [3.8, 4) is 0 Å². The molecule has 2 bridgehead atoms. The maximum absolute atomic E-state index is 11.9. The minimum absolute atomic E-state index is 0.341. The Balaban J connectivity index is 2.79. The molecule has 5 atom stereocenters.